The number of hydrogen-bond donors (Lipinski definition) is 1. The molecule has 0 aromatic rings. The average molecular weight is 372 g/mol. The Hall–Kier alpha value is -1.26. The Labute approximate surface area is 160 Å². The first-order chi connectivity index (χ1) is 12.6. The summed E-state index contributed by atoms with van der Waals surface area (Å²) in [7, 11) is 0. The predicted molar refractivity (Wildman–Crippen MR) is 106 cm³/mol. The number of ether oxygens (including phenoxy) is 2. The van der Waals surface area contributed by atoms with Gasteiger partial charge in [-0.15, -0.1) is 0 Å². The van der Waals surface area contributed by atoms with Crippen LogP contribution in [0.3, 0.4) is 0 Å². The summed E-state index contributed by atoms with van der Waals surface area (Å²) in [4.78, 5) is 23.1. The van der Waals surface area contributed by atoms with Crippen molar-refractivity contribution in [3.05, 3.63) is 0 Å². The minimum absolute atomic E-state index is 0.354. The molecule has 154 valence electrons. The number of carbonyl (C=O) groups excluding carboxylic acids is 2. The van der Waals surface area contributed by atoms with Gasteiger partial charge >= 0.3 is 12.1 Å². The van der Waals surface area contributed by atoms with Crippen LogP contribution in [0.2, 0.25) is 0 Å². The van der Waals surface area contributed by atoms with Crippen LogP contribution < -0.4 is 5.32 Å². The summed E-state index contributed by atoms with van der Waals surface area (Å²) >= 11 is 0. The molecule has 0 aliphatic carbocycles. The molecule has 0 aliphatic rings. The largest absolute Gasteiger partial charge is 0.464 e. The van der Waals surface area contributed by atoms with Gasteiger partial charge in [-0.25, -0.2) is 9.59 Å². The van der Waals surface area contributed by atoms with E-state index in [1.54, 1.807) is 6.92 Å². The van der Waals surface area contributed by atoms with Crippen LogP contribution in [0, 0.1) is 0 Å². The molecule has 0 spiro atoms. The molecular weight excluding hydrogens is 330 g/mol. The number of nitrogens with one attached hydrogen (secondary N) is 1. The number of unbranched alkanes of at least 4 members (excludes halogenated alkanes) is 11. The van der Waals surface area contributed by atoms with Crippen LogP contribution in [-0.2, 0) is 14.3 Å². The minimum Gasteiger partial charge on any atom is -0.464 e. The molecule has 5 heteroatoms. The van der Waals surface area contributed by atoms with E-state index >= 15 is 0 Å². The van der Waals surface area contributed by atoms with E-state index in [-0.39, 0.29) is 0 Å². The summed E-state index contributed by atoms with van der Waals surface area (Å²) in [5, 5.41) is 2.48. The number of hydrogen-bond acceptors (Lipinski definition) is 4. The van der Waals surface area contributed by atoms with Crippen molar-refractivity contribution in [2.24, 2.45) is 0 Å². The zero-order chi connectivity index (χ0) is 19.5. The van der Waals surface area contributed by atoms with Crippen molar-refractivity contribution in [2.75, 3.05) is 13.2 Å². The van der Waals surface area contributed by atoms with Gasteiger partial charge in [-0.1, -0.05) is 84.5 Å². The third kappa shape index (κ3) is 16.2. The number of alkyl carbamates (subject to hydrolysis) is 1. The monoisotopic (exact) mass is 371 g/mol. The van der Waals surface area contributed by atoms with Crippen LogP contribution in [0.15, 0.2) is 0 Å². The van der Waals surface area contributed by atoms with Crippen LogP contribution in [-0.4, -0.2) is 31.3 Å². The van der Waals surface area contributed by atoms with Gasteiger partial charge in [-0.2, -0.15) is 0 Å². The highest BCUT2D eigenvalue weighted by Crippen LogP contribution is 2.11. The van der Waals surface area contributed by atoms with E-state index in [9.17, 15) is 9.59 Å². The van der Waals surface area contributed by atoms with Gasteiger partial charge in [-0.3, -0.25) is 0 Å². The quantitative estimate of drug-likeness (QED) is 0.261. The van der Waals surface area contributed by atoms with Gasteiger partial charge in [0.15, 0.2) is 0 Å². The van der Waals surface area contributed by atoms with Crippen molar-refractivity contribution in [3.63, 3.8) is 0 Å². The number of esters is 1. The molecule has 26 heavy (non-hydrogen) atoms. The molecule has 0 saturated carbocycles. The highest BCUT2D eigenvalue weighted by Gasteiger charge is 2.17. The molecule has 0 fully saturated rings. The standard InChI is InChI=1S/C21H41NO4/c1-4-6-7-8-9-10-11-12-13-14-15-16-18-25-20(23)19(3)22-21(24)26-17-5-2/h19H,4-18H2,1-3H3,(H,22,24). The summed E-state index contributed by atoms with van der Waals surface area (Å²) < 4.78 is 10.1. The second kappa shape index (κ2) is 18.5. The van der Waals surface area contributed by atoms with Crippen molar-refractivity contribution in [1.29, 1.82) is 0 Å². The molecule has 0 saturated heterocycles. The Morgan fingerprint density at radius 1 is 0.692 bits per heavy atom. The van der Waals surface area contributed by atoms with E-state index < -0.39 is 18.1 Å². The molecule has 0 bridgehead atoms. The molecule has 0 aromatic heterocycles. The molecule has 0 rings (SSSR count). The Bertz CT molecular complexity index is 347. The average Bonchev–Trinajstić information content (AvgIpc) is 2.63. The van der Waals surface area contributed by atoms with Crippen molar-refractivity contribution in [3.8, 4) is 0 Å². The van der Waals surface area contributed by atoms with Crippen molar-refractivity contribution >= 4 is 12.1 Å². The first-order valence-corrected chi connectivity index (χ1v) is 10.7. The Morgan fingerprint density at radius 2 is 1.19 bits per heavy atom. The van der Waals surface area contributed by atoms with E-state index in [4.69, 9.17) is 9.47 Å². The number of amides is 1. The first-order valence-electron chi connectivity index (χ1n) is 10.7. The molecule has 0 aromatic carbocycles. The molecule has 0 heterocycles. The van der Waals surface area contributed by atoms with Crippen molar-refractivity contribution in [1.82, 2.24) is 5.32 Å². The summed E-state index contributed by atoms with van der Waals surface area (Å²) in [6.07, 6.45) is 15.5. The lowest BCUT2D eigenvalue weighted by atomic mass is 10.1. The number of carbonyl (C=O) groups is 2. The van der Waals surface area contributed by atoms with Crippen molar-refractivity contribution in [2.45, 2.75) is 110 Å². The fraction of sp³-hybridized carbons (Fsp3) is 0.905. The Kier molecular flexibility index (Phi) is 17.6. The molecule has 1 amide bonds. The van der Waals surface area contributed by atoms with Gasteiger partial charge in [0, 0.05) is 0 Å². The van der Waals surface area contributed by atoms with Crippen LogP contribution in [0.25, 0.3) is 0 Å². The summed E-state index contributed by atoms with van der Waals surface area (Å²) in [6.45, 7) is 6.55. The van der Waals surface area contributed by atoms with Crippen LogP contribution >= 0.6 is 0 Å². The molecule has 5 nitrogen and oxygen atoms in total. The maximum absolute atomic E-state index is 11.8. The Morgan fingerprint density at radius 3 is 1.69 bits per heavy atom. The smallest absolute Gasteiger partial charge is 0.407 e. The van der Waals surface area contributed by atoms with Gasteiger partial charge in [0.2, 0.25) is 0 Å². The highest BCUT2D eigenvalue weighted by atomic mass is 16.6. The molecule has 1 unspecified atom stereocenters. The predicted octanol–water partition coefficient (Wildman–Crippen LogP) is 5.76. The van der Waals surface area contributed by atoms with Gasteiger partial charge in [0.05, 0.1) is 13.2 Å². The van der Waals surface area contributed by atoms with Gasteiger partial charge < -0.3 is 14.8 Å². The Balaban J connectivity index is 3.38. The third-order valence-corrected chi connectivity index (χ3v) is 4.37. The molecule has 1 atom stereocenters. The normalized spacial score (nSPS) is 11.8. The zero-order valence-electron chi connectivity index (χ0n) is 17.3. The maximum atomic E-state index is 11.8. The lowest BCUT2D eigenvalue weighted by Crippen LogP contribution is -2.40. The maximum Gasteiger partial charge on any atom is 0.407 e. The van der Waals surface area contributed by atoms with E-state index in [1.807, 2.05) is 6.92 Å². The van der Waals surface area contributed by atoms with Crippen LogP contribution in [0.4, 0.5) is 4.79 Å². The lowest BCUT2D eigenvalue weighted by Gasteiger charge is -2.13. The zero-order valence-corrected chi connectivity index (χ0v) is 17.3. The van der Waals surface area contributed by atoms with Crippen LogP contribution in [0.5, 0.6) is 0 Å². The molecular formula is C21H41NO4. The topological polar surface area (TPSA) is 64.6 Å². The summed E-state index contributed by atoms with van der Waals surface area (Å²) in [5.74, 6) is -0.401. The SMILES string of the molecule is CCCCCCCCCCCCCCOC(=O)C(C)NC(=O)OCCC. The van der Waals surface area contributed by atoms with E-state index in [0.717, 1.165) is 19.3 Å². The second-order valence-electron chi connectivity index (χ2n) is 7.06. The van der Waals surface area contributed by atoms with Crippen molar-refractivity contribution < 1.29 is 19.1 Å². The van der Waals surface area contributed by atoms with E-state index in [1.165, 1.54) is 64.2 Å². The molecule has 1 N–H and O–H groups in total. The van der Waals surface area contributed by atoms with E-state index in [2.05, 4.69) is 12.2 Å². The number of rotatable bonds is 17. The van der Waals surface area contributed by atoms with Gasteiger partial charge in [0.1, 0.15) is 6.04 Å². The highest BCUT2D eigenvalue weighted by molar-refractivity contribution is 5.80. The van der Waals surface area contributed by atoms with Gasteiger partial charge in [-0.05, 0) is 19.8 Å². The van der Waals surface area contributed by atoms with E-state index in [0.29, 0.717) is 13.2 Å². The first kappa shape index (κ1) is 24.7. The lowest BCUT2D eigenvalue weighted by molar-refractivity contribution is -0.145. The van der Waals surface area contributed by atoms with Gasteiger partial charge in [0.25, 0.3) is 0 Å². The van der Waals surface area contributed by atoms with Crippen LogP contribution in [0.1, 0.15) is 104 Å². The third-order valence-electron chi connectivity index (χ3n) is 4.37. The second-order valence-corrected chi connectivity index (χ2v) is 7.06. The summed E-state index contributed by atoms with van der Waals surface area (Å²) in [5.41, 5.74) is 0. The minimum atomic E-state index is -0.670. The summed E-state index contributed by atoms with van der Waals surface area (Å²) in [6, 6.07) is -0.670. The molecule has 0 radical (unpaired) electrons. The fourth-order valence-electron chi connectivity index (χ4n) is 2.71. The fourth-order valence-corrected chi connectivity index (χ4v) is 2.71. The molecule has 0 aliphatic heterocycles.